The van der Waals surface area contributed by atoms with Gasteiger partial charge < -0.3 is 10.6 Å². The molecule has 2 aliphatic heterocycles. The predicted octanol–water partition coefficient (Wildman–Crippen LogP) is 2.82. The molecular weight excluding hydrogens is 316 g/mol. The van der Waals surface area contributed by atoms with E-state index < -0.39 is 0 Å². The second kappa shape index (κ2) is 5.58. The van der Waals surface area contributed by atoms with Gasteiger partial charge in [-0.25, -0.2) is 15.0 Å². The molecule has 0 unspecified atom stereocenters. The molecule has 0 spiro atoms. The number of nitrogens with zero attached hydrogens (tertiary/aromatic N) is 4. The first-order valence-electron chi connectivity index (χ1n) is 6.79. The Morgan fingerprint density at radius 2 is 1.87 bits per heavy atom. The molecule has 23 heavy (non-hydrogen) atoms. The highest BCUT2D eigenvalue weighted by atomic mass is 35.5. The average Bonchev–Trinajstić information content (AvgIpc) is 2.87. The SMILES string of the molecule is CC1=Cc2ccccc2N2[N]N(c3ccc(Cl)nc3)C(O)=C12.O. The van der Waals surface area contributed by atoms with Crippen LogP contribution in [0.4, 0.5) is 11.4 Å². The van der Waals surface area contributed by atoms with Crippen LogP contribution < -0.4 is 15.6 Å². The standard InChI is InChI=1S/C16H12ClN4O.H2O/c1-10-8-11-4-2-3-5-13(11)21-15(10)16(22)20(19-21)12-6-7-14(17)18-9-12;/h2-9,22H,1H3;1H2. The van der Waals surface area contributed by atoms with Crippen molar-refractivity contribution in [2.24, 2.45) is 0 Å². The molecule has 3 heterocycles. The first-order chi connectivity index (χ1) is 10.6. The Bertz CT molecular complexity index is 817. The summed E-state index contributed by atoms with van der Waals surface area (Å²) in [5.74, 6) is 0.0763. The number of pyridine rings is 1. The second-order valence-electron chi connectivity index (χ2n) is 5.11. The van der Waals surface area contributed by atoms with Crippen molar-refractivity contribution in [3.63, 3.8) is 0 Å². The van der Waals surface area contributed by atoms with Gasteiger partial charge in [-0.05, 0) is 42.3 Å². The van der Waals surface area contributed by atoms with E-state index in [1.807, 2.05) is 37.3 Å². The van der Waals surface area contributed by atoms with Crippen LogP contribution in [0.3, 0.4) is 0 Å². The van der Waals surface area contributed by atoms with E-state index in [4.69, 9.17) is 11.6 Å². The topological polar surface area (TPSA) is 85.2 Å². The van der Waals surface area contributed by atoms with Crippen molar-refractivity contribution in [2.75, 3.05) is 10.0 Å². The van der Waals surface area contributed by atoms with Crippen molar-refractivity contribution in [1.29, 1.82) is 0 Å². The van der Waals surface area contributed by atoms with Gasteiger partial charge in [0.1, 0.15) is 10.9 Å². The summed E-state index contributed by atoms with van der Waals surface area (Å²) in [6, 6.07) is 11.4. The Morgan fingerprint density at radius 1 is 1.09 bits per heavy atom. The normalized spacial score (nSPS) is 15.8. The number of aromatic nitrogens is 1. The predicted molar refractivity (Wildman–Crippen MR) is 89.7 cm³/mol. The number of fused-ring (bicyclic) bond motifs is 3. The Balaban J connectivity index is 0.00000156. The fourth-order valence-corrected chi connectivity index (χ4v) is 2.77. The lowest BCUT2D eigenvalue weighted by molar-refractivity contribution is 0.386. The molecule has 117 valence electrons. The molecule has 1 radical (unpaired) electrons. The van der Waals surface area contributed by atoms with E-state index in [0.717, 1.165) is 16.8 Å². The molecule has 2 aliphatic rings. The van der Waals surface area contributed by atoms with Crippen LogP contribution in [0.5, 0.6) is 0 Å². The number of anilines is 2. The van der Waals surface area contributed by atoms with Gasteiger partial charge in [0, 0.05) is 5.56 Å². The van der Waals surface area contributed by atoms with Gasteiger partial charge in [-0.2, -0.15) is 0 Å². The fourth-order valence-electron chi connectivity index (χ4n) is 2.65. The smallest absolute Gasteiger partial charge is 0.235 e. The van der Waals surface area contributed by atoms with Crippen molar-refractivity contribution in [1.82, 2.24) is 10.5 Å². The molecule has 0 fully saturated rings. The zero-order valence-corrected chi connectivity index (χ0v) is 13.0. The summed E-state index contributed by atoms with van der Waals surface area (Å²) in [5.41, 5.74) is 8.77. The molecule has 2 aromatic rings. The molecule has 6 nitrogen and oxygen atoms in total. The van der Waals surface area contributed by atoms with Crippen LogP contribution in [0.15, 0.2) is 59.7 Å². The lowest BCUT2D eigenvalue weighted by Gasteiger charge is -2.26. The Labute approximate surface area is 138 Å². The minimum atomic E-state index is 0. The van der Waals surface area contributed by atoms with Gasteiger partial charge in [-0.1, -0.05) is 29.8 Å². The molecule has 1 aromatic heterocycles. The van der Waals surface area contributed by atoms with Crippen LogP contribution >= 0.6 is 11.6 Å². The minimum Gasteiger partial charge on any atom is -0.492 e. The van der Waals surface area contributed by atoms with E-state index in [2.05, 4.69) is 10.5 Å². The monoisotopic (exact) mass is 329 g/mol. The maximum atomic E-state index is 10.6. The highest BCUT2D eigenvalue weighted by Crippen LogP contribution is 2.39. The van der Waals surface area contributed by atoms with Crippen molar-refractivity contribution >= 4 is 29.1 Å². The molecule has 1 aromatic carbocycles. The van der Waals surface area contributed by atoms with E-state index in [1.54, 1.807) is 23.3 Å². The molecule has 3 N–H and O–H groups in total. The maximum Gasteiger partial charge on any atom is 0.235 e. The zero-order valence-electron chi connectivity index (χ0n) is 12.2. The number of benzene rings is 1. The van der Waals surface area contributed by atoms with Crippen LogP contribution in [0.25, 0.3) is 6.08 Å². The van der Waals surface area contributed by atoms with Crippen molar-refractivity contribution < 1.29 is 10.6 Å². The first kappa shape index (κ1) is 15.4. The van der Waals surface area contributed by atoms with Gasteiger partial charge in [0.05, 0.1) is 17.6 Å². The molecule has 0 amide bonds. The molecule has 0 atom stereocenters. The Hall–Kier alpha value is -2.54. The third-order valence-electron chi connectivity index (χ3n) is 3.67. The number of halogens is 1. The number of hydrogen-bond donors (Lipinski definition) is 1. The second-order valence-corrected chi connectivity index (χ2v) is 5.50. The van der Waals surface area contributed by atoms with E-state index in [-0.39, 0.29) is 11.4 Å². The molecule has 0 bridgehead atoms. The van der Waals surface area contributed by atoms with Crippen LogP contribution in [0.1, 0.15) is 12.5 Å². The Kier molecular flexibility index (Phi) is 3.73. The fraction of sp³-hybridized carbons (Fsp3) is 0.0625. The van der Waals surface area contributed by atoms with E-state index >= 15 is 0 Å². The molecule has 0 saturated carbocycles. The van der Waals surface area contributed by atoms with Crippen molar-refractivity contribution in [2.45, 2.75) is 6.92 Å². The molecule has 7 heteroatoms. The molecule has 4 rings (SSSR count). The number of aliphatic hydroxyl groups excluding tert-OH is 1. The van der Waals surface area contributed by atoms with E-state index in [9.17, 15) is 5.11 Å². The summed E-state index contributed by atoms with van der Waals surface area (Å²) < 4.78 is 0. The maximum absolute atomic E-state index is 10.6. The molecular formula is C16H14ClN4O2. The minimum absolute atomic E-state index is 0. The zero-order chi connectivity index (χ0) is 15.3. The summed E-state index contributed by atoms with van der Waals surface area (Å²) in [6.07, 6.45) is 3.61. The first-order valence-corrected chi connectivity index (χ1v) is 7.17. The lowest BCUT2D eigenvalue weighted by atomic mass is 10.0. The van der Waals surface area contributed by atoms with Gasteiger partial charge in [0.2, 0.25) is 5.88 Å². The van der Waals surface area contributed by atoms with Gasteiger partial charge in [-0.15, -0.1) is 0 Å². The van der Waals surface area contributed by atoms with Gasteiger partial charge in [0.15, 0.2) is 0 Å². The van der Waals surface area contributed by atoms with Gasteiger partial charge in [-0.3, -0.25) is 0 Å². The van der Waals surface area contributed by atoms with Crippen LogP contribution in [0, 0.1) is 0 Å². The summed E-state index contributed by atoms with van der Waals surface area (Å²) >= 11 is 5.81. The summed E-state index contributed by atoms with van der Waals surface area (Å²) in [6.45, 7) is 1.95. The van der Waals surface area contributed by atoms with Crippen LogP contribution in [0.2, 0.25) is 5.15 Å². The number of para-hydroxylation sites is 1. The highest BCUT2D eigenvalue weighted by Gasteiger charge is 2.36. The van der Waals surface area contributed by atoms with Crippen LogP contribution in [-0.2, 0) is 0 Å². The van der Waals surface area contributed by atoms with Crippen LogP contribution in [-0.4, -0.2) is 15.6 Å². The number of aliphatic hydroxyl groups is 1. The quantitative estimate of drug-likeness (QED) is 0.815. The summed E-state index contributed by atoms with van der Waals surface area (Å²) in [5, 5.41) is 14.2. The van der Waals surface area contributed by atoms with Crippen molar-refractivity contribution in [3.8, 4) is 0 Å². The van der Waals surface area contributed by atoms with E-state index in [0.29, 0.717) is 16.5 Å². The molecule has 0 aliphatic carbocycles. The lowest BCUT2D eigenvalue weighted by Crippen LogP contribution is -2.36. The van der Waals surface area contributed by atoms with E-state index in [1.165, 1.54) is 5.01 Å². The Morgan fingerprint density at radius 3 is 2.61 bits per heavy atom. The number of allylic oxidation sites excluding steroid dienone is 1. The number of rotatable bonds is 1. The summed E-state index contributed by atoms with van der Waals surface area (Å²) in [7, 11) is 0. The third kappa shape index (κ3) is 2.33. The largest absolute Gasteiger partial charge is 0.492 e. The third-order valence-corrected chi connectivity index (χ3v) is 3.89. The molecule has 0 saturated heterocycles. The van der Waals surface area contributed by atoms with Gasteiger partial charge in [0.25, 0.3) is 0 Å². The number of hydrogen-bond acceptors (Lipinski definition) is 4. The van der Waals surface area contributed by atoms with Gasteiger partial charge >= 0.3 is 0 Å². The highest BCUT2D eigenvalue weighted by molar-refractivity contribution is 6.29. The average molecular weight is 330 g/mol. The summed E-state index contributed by atoms with van der Waals surface area (Å²) in [4.78, 5) is 4.04. The van der Waals surface area contributed by atoms with Crippen molar-refractivity contribution in [3.05, 3.63) is 70.5 Å².